The van der Waals surface area contributed by atoms with Gasteiger partial charge in [-0.25, -0.2) is 0 Å². The van der Waals surface area contributed by atoms with Crippen molar-refractivity contribution in [1.82, 2.24) is 10.2 Å². The molecule has 1 aliphatic carbocycles. The van der Waals surface area contributed by atoms with Gasteiger partial charge in [-0.1, -0.05) is 20.8 Å². The Morgan fingerprint density at radius 3 is 2.44 bits per heavy atom. The fourth-order valence-electron chi connectivity index (χ4n) is 2.89. The van der Waals surface area contributed by atoms with E-state index in [4.69, 9.17) is 0 Å². The fraction of sp³-hybridized carbons (Fsp3) is 0.857. The van der Waals surface area contributed by atoms with E-state index in [1.165, 1.54) is 12.8 Å². The Morgan fingerprint density at radius 2 is 2.00 bits per heavy atom. The van der Waals surface area contributed by atoms with Crippen LogP contribution in [0.5, 0.6) is 0 Å². The molecule has 4 nitrogen and oxygen atoms in total. The van der Waals surface area contributed by atoms with Gasteiger partial charge in [-0.05, 0) is 37.5 Å². The summed E-state index contributed by atoms with van der Waals surface area (Å²) in [6.45, 7) is 8.71. The number of amides is 2. The largest absolute Gasteiger partial charge is 0.343 e. The van der Waals surface area contributed by atoms with E-state index in [0.717, 1.165) is 13.0 Å². The third-order valence-electron chi connectivity index (χ3n) is 4.46. The van der Waals surface area contributed by atoms with Crippen LogP contribution < -0.4 is 5.32 Å². The molecule has 2 rings (SSSR count). The van der Waals surface area contributed by atoms with Crippen LogP contribution in [0.4, 0.5) is 0 Å². The standard InChI is InChI=1S/C14H24N2O2/c1-5-14(6-7-14)8-16-11(9(2)3)12(17)15-10(4)13(16)18/h9-11H,5-8H2,1-4H3,(H,15,17). The lowest BCUT2D eigenvalue weighted by Gasteiger charge is -2.41. The van der Waals surface area contributed by atoms with E-state index in [2.05, 4.69) is 12.2 Å². The molecule has 102 valence electrons. The van der Waals surface area contributed by atoms with Crippen molar-refractivity contribution >= 4 is 11.8 Å². The number of nitrogens with one attached hydrogen (secondary N) is 1. The quantitative estimate of drug-likeness (QED) is 0.825. The molecular weight excluding hydrogens is 228 g/mol. The average Bonchev–Trinajstić information content (AvgIpc) is 3.05. The number of nitrogens with zero attached hydrogens (tertiary/aromatic N) is 1. The van der Waals surface area contributed by atoms with Crippen molar-refractivity contribution in [2.24, 2.45) is 11.3 Å². The summed E-state index contributed by atoms with van der Waals surface area (Å²) in [5.74, 6) is 0.242. The van der Waals surface area contributed by atoms with Crippen LogP contribution in [0.25, 0.3) is 0 Å². The molecule has 0 spiro atoms. The lowest BCUT2D eigenvalue weighted by Crippen LogP contribution is -2.64. The Balaban J connectivity index is 2.20. The molecular formula is C14H24N2O2. The maximum atomic E-state index is 12.3. The summed E-state index contributed by atoms with van der Waals surface area (Å²) < 4.78 is 0. The van der Waals surface area contributed by atoms with Crippen LogP contribution in [0.2, 0.25) is 0 Å². The normalized spacial score (nSPS) is 30.6. The first-order chi connectivity index (χ1) is 8.40. The summed E-state index contributed by atoms with van der Waals surface area (Å²) in [5.41, 5.74) is 0.292. The summed E-state index contributed by atoms with van der Waals surface area (Å²) in [5, 5.41) is 2.78. The summed E-state index contributed by atoms with van der Waals surface area (Å²) in [6.07, 6.45) is 3.47. The minimum absolute atomic E-state index is 0.00371. The maximum Gasteiger partial charge on any atom is 0.245 e. The topological polar surface area (TPSA) is 49.4 Å². The monoisotopic (exact) mass is 252 g/mol. The van der Waals surface area contributed by atoms with Crippen molar-refractivity contribution in [3.63, 3.8) is 0 Å². The molecule has 2 amide bonds. The van der Waals surface area contributed by atoms with Crippen LogP contribution in [0.15, 0.2) is 0 Å². The molecule has 4 heteroatoms. The Hall–Kier alpha value is -1.06. The van der Waals surface area contributed by atoms with Gasteiger partial charge in [0.25, 0.3) is 0 Å². The number of piperazine rings is 1. The minimum atomic E-state index is -0.375. The lowest BCUT2D eigenvalue weighted by atomic mass is 9.94. The first-order valence-corrected chi connectivity index (χ1v) is 7.01. The highest BCUT2D eigenvalue weighted by Crippen LogP contribution is 2.49. The first-order valence-electron chi connectivity index (χ1n) is 7.01. The molecule has 1 heterocycles. The van der Waals surface area contributed by atoms with Crippen molar-refractivity contribution in [2.45, 2.75) is 59.0 Å². The molecule has 1 N–H and O–H groups in total. The highest BCUT2D eigenvalue weighted by molar-refractivity contribution is 5.96. The lowest BCUT2D eigenvalue weighted by molar-refractivity contribution is -0.151. The molecule has 1 saturated carbocycles. The SMILES string of the molecule is CCC1(CN2C(=O)C(C)NC(=O)C2C(C)C)CC1. The number of carbonyl (C=O) groups is 2. The zero-order valence-corrected chi connectivity index (χ0v) is 11.8. The Labute approximate surface area is 109 Å². The van der Waals surface area contributed by atoms with Crippen LogP contribution in [0.3, 0.4) is 0 Å². The average molecular weight is 252 g/mol. The minimum Gasteiger partial charge on any atom is -0.343 e. The van der Waals surface area contributed by atoms with E-state index < -0.39 is 0 Å². The van der Waals surface area contributed by atoms with Crippen molar-refractivity contribution < 1.29 is 9.59 Å². The van der Waals surface area contributed by atoms with E-state index in [1.807, 2.05) is 18.7 Å². The third kappa shape index (κ3) is 2.25. The van der Waals surface area contributed by atoms with Crippen LogP contribution >= 0.6 is 0 Å². The second-order valence-corrected chi connectivity index (χ2v) is 6.24. The molecule has 2 aliphatic rings. The number of carbonyl (C=O) groups excluding carboxylic acids is 2. The van der Waals surface area contributed by atoms with Gasteiger partial charge in [0, 0.05) is 6.54 Å². The van der Waals surface area contributed by atoms with E-state index in [-0.39, 0.29) is 29.8 Å². The van der Waals surface area contributed by atoms with Crippen LogP contribution in [-0.4, -0.2) is 35.3 Å². The number of hydrogen-bond donors (Lipinski definition) is 1. The van der Waals surface area contributed by atoms with Gasteiger partial charge >= 0.3 is 0 Å². The van der Waals surface area contributed by atoms with Crippen molar-refractivity contribution in [3.05, 3.63) is 0 Å². The second-order valence-electron chi connectivity index (χ2n) is 6.24. The van der Waals surface area contributed by atoms with E-state index in [1.54, 1.807) is 6.92 Å². The second kappa shape index (κ2) is 4.56. The summed E-state index contributed by atoms with van der Waals surface area (Å²) >= 11 is 0. The summed E-state index contributed by atoms with van der Waals surface area (Å²) in [7, 11) is 0. The molecule has 2 unspecified atom stereocenters. The van der Waals surface area contributed by atoms with Gasteiger partial charge in [0.1, 0.15) is 12.1 Å². The van der Waals surface area contributed by atoms with Gasteiger partial charge in [0.05, 0.1) is 0 Å². The highest BCUT2D eigenvalue weighted by atomic mass is 16.2. The molecule has 2 fully saturated rings. The molecule has 0 aromatic rings. The highest BCUT2D eigenvalue weighted by Gasteiger charge is 2.48. The van der Waals surface area contributed by atoms with E-state index in [9.17, 15) is 9.59 Å². The van der Waals surface area contributed by atoms with Gasteiger partial charge in [0.15, 0.2) is 0 Å². The zero-order valence-electron chi connectivity index (χ0n) is 11.8. The molecule has 1 saturated heterocycles. The number of rotatable bonds is 4. The third-order valence-corrected chi connectivity index (χ3v) is 4.46. The van der Waals surface area contributed by atoms with Crippen molar-refractivity contribution in [2.75, 3.05) is 6.54 Å². The molecule has 0 bridgehead atoms. The van der Waals surface area contributed by atoms with Crippen LogP contribution in [0.1, 0.15) is 47.0 Å². The van der Waals surface area contributed by atoms with Gasteiger partial charge in [0.2, 0.25) is 11.8 Å². The fourth-order valence-corrected chi connectivity index (χ4v) is 2.89. The molecule has 1 aliphatic heterocycles. The smallest absolute Gasteiger partial charge is 0.245 e. The predicted molar refractivity (Wildman–Crippen MR) is 69.9 cm³/mol. The molecule has 0 aromatic heterocycles. The zero-order chi connectivity index (χ0) is 13.5. The van der Waals surface area contributed by atoms with Gasteiger partial charge in [-0.3, -0.25) is 9.59 Å². The van der Waals surface area contributed by atoms with Crippen LogP contribution in [-0.2, 0) is 9.59 Å². The van der Waals surface area contributed by atoms with Crippen molar-refractivity contribution in [3.8, 4) is 0 Å². The van der Waals surface area contributed by atoms with Gasteiger partial charge < -0.3 is 10.2 Å². The van der Waals surface area contributed by atoms with Crippen molar-refractivity contribution in [1.29, 1.82) is 0 Å². The molecule has 0 radical (unpaired) electrons. The van der Waals surface area contributed by atoms with Gasteiger partial charge in [-0.15, -0.1) is 0 Å². The summed E-state index contributed by atoms with van der Waals surface area (Å²) in [4.78, 5) is 26.2. The maximum absolute atomic E-state index is 12.3. The number of hydrogen-bond acceptors (Lipinski definition) is 2. The molecule has 2 atom stereocenters. The van der Waals surface area contributed by atoms with E-state index >= 15 is 0 Å². The van der Waals surface area contributed by atoms with Crippen LogP contribution in [0, 0.1) is 11.3 Å². The van der Waals surface area contributed by atoms with Gasteiger partial charge in [-0.2, -0.15) is 0 Å². The molecule has 18 heavy (non-hydrogen) atoms. The van der Waals surface area contributed by atoms with E-state index in [0.29, 0.717) is 5.41 Å². The Bertz CT molecular complexity index is 361. The Kier molecular flexibility index (Phi) is 3.39. The predicted octanol–water partition coefficient (Wildman–Crippen LogP) is 1.55. The Morgan fingerprint density at radius 1 is 1.39 bits per heavy atom. The summed E-state index contributed by atoms with van der Waals surface area (Å²) in [6, 6.07) is -0.669. The molecule has 0 aromatic carbocycles. The first kappa shape index (κ1) is 13.4.